The Hall–Kier alpha value is -6.13. The molecule has 236 valence electrons. The third-order valence-corrected chi connectivity index (χ3v) is 10.8. The van der Waals surface area contributed by atoms with Gasteiger partial charge in [-0.25, -0.2) is 0 Å². The number of hydrogen-bond donors (Lipinski definition) is 0. The Kier molecular flexibility index (Phi) is 6.17. The van der Waals surface area contributed by atoms with E-state index in [1.165, 1.54) is 21.7 Å². The van der Waals surface area contributed by atoms with Gasteiger partial charge in [-0.3, -0.25) is 0 Å². The zero-order valence-electron chi connectivity index (χ0n) is 28.2. The molecular weight excluding hydrogens is 607 g/mol. The van der Waals surface area contributed by atoms with Crippen LogP contribution < -0.4 is 10.9 Å². The molecule has 50 heavy (non-hydrogen) atoms. The predicted molar refractivity (Wildman–Crippen MR) is 211 cm³/mol. The molecule has 9 aromatic rings. The van der Waals surface area contributed by atoms with Crippen molar-refractivity contribution in [2.24, 2.45) is 0 Å². The average Bonchev–Trinajstić information content (AvgIpc) is 3.64. The Morgan fingerprint density at radius 1 is 0.440 bits per heavy atom. The van der Waals surface area contributed by atoms with Crippen molar-refractivity contribution >= 4 is 66.9 Å². The minimum absolute atomic E-state index is 0.149. The van der Waals surface area contributed by atoms with Crippen LogP contribution in [0.25, 0.3) is 66.1 Å². The van der Waals surface area contributed by atoms with Gasteiger partial charge in [0.15, 0.2) is 0 Å². The fourth-order valence-electron chi connectivity index (χ4n) is 8.89. The van der Waals surface area contributed by atoms with Gasteiger partial charge in [-0.2, -0.15) is 0 Å². The summed E-state index contributed by atoms with van der Waals surface area (Å²) in [5.41, 5.74) is 15.4. The van der Waals surface area contributed by atoms with Gasteiger partial charge >= 0.3 is 0 Å². The van der Waals surface area contributed by atoms with Gasteiger partial charge < -0.3 is 13.9 Å². The lowest BCUT2D eigenvalue weighted by Gasteiger charge is -2.28. The first-order valence-corrected chi connectivity index (χ1v) is 17.4. The summed E-state index contributed by atoms with van der Waals surface area (Å²) in [4.78, 5) is 15.3. The van der Waals surface area contributed by atoms with Gasteiger partial charge in [-0.15, -0.1) is 0 Å². The molecule has 2 aromatic heterocycles. The fraction of sp³-hybridized carbons (Fsp3) is 0.0652. The van der Waals surface area contributed by atoms with E-state index < -0.39 is 6.71 Å². The number of carbonyl (C=O) groups excluding carboxylic acids is 1. The summed E-state index contributed by atoms with van der Waals surface area (Å²) < 4.78 is 4.66. The Labute approximate surface area is 291 Å². The normalized spacial score (nSPS) is 12.7. The highest BCUT2D eigenvalue weighted by Crippen LogP contribution is 2.41. The molecule has 3 nitrogen and oxygen atoms in total. The zero-order chi connectivity index (χ0) is 33.7. The Bertz CT molecular complexity index is 2840. The molecule has 0 aliphatic carbocycles. The standard InChI is InChI=1S/C46H33BN2O/c1-28-22-29(2)45(30(3)23-28)47-40-27-44-38(34-19-11-13-21-42(34)49(44)32-16-8-5-9-17-32)25-36(40)35-24-37-33-18-10-12-20-41(33)48(31-14-6-4-7-15-31)43(37)26-39(35)46(47)50/h4-27H,1-3H3. The maximum absolute atomic E-state index is 15.3. The van der Waals surface area contributed by atoms with Crippen LogP contribution in [0.3, 0.4) is 0 Å². The van der Waals surface area contributed by atoms with Crippen molar-refractivity contribution in [1.29, 1.82) is 0 Å². The number of para-hydroxylation sites is 4. The molecular formula is C46H33BN2O. The molecule has 1 aliphatic heterocycles. The van der Waals surface area contributed by atoms with Crippen LogP contribution in [0.2, 0.25) is 0 Å². The lowest BCUT2D eigenvalue weighted by molar-refractivity contribution is 0.107. The molecule has 7 aromatic carbocycles. The Morgan fingerprint density at radius 3 is 1.48 bits per heavy atom. The molecule has 3 heterocycles. The molecule has 1 aliphatic rings. The Balaban J connectivity index is 1.36. The quantitative estimate of drug-likeness (QED) is 0.177. The number of nitrogens with zero attached hydrogens (tertiary/aromatic N) is 2. The van der Waals surface area contributed by atoms with Gasteiger partial charge in [0.05, 0.1) is 22.1 Å². The number of carbonyl (C=O) groups is 1. The maximum atomic E-state index is 15.3. The van der Waals surface area contributed by atoms with Crippen LogP contribution in [0, 0.1) is 20.8 Å². The van der Waals surface area contributed by atoms with Gasteiger partial charge in [0.2, 0.25) is 0 Å². The first kappa shape index (κ1) is 28.8. The molecule has 0 saturated heterocycles. The van der Waals surface area contributed by atoms with Crippen LogP contribution in [0.5, 0.6) is 0 Å². The molecule has 0 atom stereocenters. The molecule has 0 radical (unpaired) electrons. The topological polar surface area (TPSA) is 26.9 Å². The average molecular weight is 641 g/mol. The van der Waals surface area contributed by atoms with Gasteiger partial charge in [0, 0.05) is 38.5 Å². The van der Waals surface area contributed by atoms with E-state index in [1.807, 2.05) is 6.07 Å². The summed E-state index contributed by atoms with van der Waals surface area (Å²) in [6.45, 7) is 6.02. The highest BCUT2D eigenvalue weighted by Gasteiger charge is 2.40. The highest BCUT2D eigenvalue weighted by atomic mass is 16.1. The van der Waals surface area contributed by atoms with Crippen LogP contribution >= 0.6 is 0 Å². The molecule has 0 fully saturated rings. The van der Waals surface area contributed by atoms with E-state index in [-0.39, 0.29) is 5.68 Å². The van der Waals surface area contributed by atoms with Gasteiger partial charge in [-0.05, 0) is 92.6 Å². The van der Waals surface area contributed by atoms with Gasteiger partial charge in [0.1, 0.15) is 5.68 Å². The number of benzene rings is 7. The predicted octanol–water partition coefficient (Wildman–Crippen LogP) is 9.82. The molecule has 0 amide bonds. The first-order chi connectivity index (χ1) is 24.5. The van der Waals surface area contributed by atoms with E-state index >= 15 is 4.79 Å². The minimum atomic E-state index is -0.434. The third-order valence-electron chi connectivity index (χ3n) is 10.8. The number of rotatable bonds is 3. The van der Waals surface area contributed by atoms with E-state index in [0.29, 0.717) is 0 Å². The van der Waals surface area contributed by atoms with Crippen molar-refractivity contribution in [2.75, 3.05) is 0 Å². The minimum Gasteiger partial charge on any atom is -0.309 e. The second-order valence-corrected chi connectivity index (χ2v) is 13.9. The number of aromatic nitrogens is 2. The van der Waals surface area contributed by atoms with Crippen LogP contribution in [0.15, 0.2) is 146 Å². The number of fused-ring (bicyclic) bond motifs is 9. The van der Waals surface area contributed by atoms with E-state index in [4.69, 9.17) is 0 Å². The SMILES string of the molecule is Cc1cc(C)c(B2C(=O)c3cc4c(cc3-c3cc5c6ccccc6n(-c6ccccc6)c5cc32)c2ccccc2n4-c2ccccc2)c(C)c1. The van der Waals surface area contributed by atoms with E-state index in [2.05, 4.69) is 169 Å². The van der Waals surface area contributed by atoms with Crippen LogP contribution in [0.4, 0.5) is 0 Å². The third kappa shape index (κ3) is 4.02. The summed E-state index contributed by atoms with van der Waals surface area (Å²) in [6, 6.07) is 51.9. The fourth-order valence-corrected chi connectivity index (χ4v) is 8.89. The lowest BCUT2D eigenvalue weighted by Crippen LogP contribution is -2.54. The molecule has 0 N–H and O–H groups in total. The second-order valence-electron chi connectivity index (χ2n) is 13.9. The monoisotopic (exact) mass is 640 g/mol. The number of aryl methyl sites for hydroxylation is 3. The maximum Gasteiger partial charge on any atom is 0.296 e. The van der Waals surface area contributed by atoms with Crippen LogP contribution in [-0.2, 0) is 0 Å². The van der Waals surface area contributed by atoms with Gasteiger partial charge in [-0.1, -0.05) is 113 Å². The summed E-state index contributed by atoms with van der Waals surface area (Å²) in [7, 11) is 0. The molecule has 0 unspecified atom stereocenters. The van der Waals surface area contributed by atoms with Crippen molar-refractivity contribution in [1.82, 2.24) is 9.13 Å². The van der Waals surface area contributed by atoms with Crippen molar-refractivity contribution < 1.29 is 4.79 Å². The molecule has 0 saturated carbocycles. The van der Waals surface area contributed by atoms with Crippen molar-refractivity contribution in [2.45, 2.75) is 20.8 Å². The van der Waals surface area contributed by atoms with E-state index in [9.17, 15) is 0 Å². The first-order valence-electron chi connectivity index (χ1n) is 17.4. The summed E-state index contributed by atoms with van der Waals surface area (Å²) >= 11 is 0. The number of hydrogen-bond acceptors (Lipinski definition) is 1. The van der Waals surface area contributed by atoms with Crippen LogP contribution in [0.1, 0.15) is 27.0 Å². The van der Waals surface area contributed by atoms with Gasteiger partial charge in [0.25, 0.3) is 6.71 Å². The molecule has 10 rings (SSSR count). The van der Waals surface area contributed by atoms with E-state index in [0.717, 1.165) is 77.6 Å². The highest BCUT2D eigenvalue weighted by molar-refractivity contribution is 7.11. The van der Waals surface area contributed by atoms with Crippen molar-refractivity contribution in [3.8, 4) is 22.5 Å². The van der Waals surface area contributed by atoms with Crippen molar-refractivity contribution in [3.05, 3.63) is 168 Å². The summed E-state index contributed by atoms with van der Waals surface area (Å²) in [6.07, 6.45) is 0. The zero-order valence-corrected chi connectivity index (χ0v) is 28.2. The largest absolute Gasteiger partial charge is 0.309 e. The van der Waals surface area contributed by atoms with Crippen LogP contribution in [-0.4, -0.2) is 21.5 Å². The molecule has 0 bridgehead atoms. The van der Waals surface area contributed by atoms with E-state index in [1.54, 1.807) is 0 Å². The van der Waals surface area contributed by atoms with Crippen molar-refractivity contribution in [3.63, 3.8) is 0 Å². The lowest BCUT2D eigenvalue weighted by atomic mass is 9.33. The smallest absolute Gasteiger partial charge is 0.296 e. The summed E-state index contributed by atoms with van der Waals surface area (Å²) in [5, 5.41) is 4.71. The molecule has 4 heteroatoms. The second kappa shape index (κ2) is 10.7. The Morgan fingerprint density at radius 2 is 0.920 bits per heavy atom. The summed E-state index contributed by atoms with van der Waals surface area (Å²) in [5.74, 6) is 0. The molecule has 0 spiro atoms.